The van der Waals surface area contributed by atoms with E-state index in [0.717, 1.165) is 11.3 Å². The van der Waals surface area contributed by atoms with Crippen LogP contribution in [0.2, 0.25) is 0 Å². The first kappa shape index (κ1) is 17.4. The number of H-pyrrole nitrogens is 1. The van der Waals surface area contributed by atoms with E-state index < -0.39 is 11.2 Å². The van der Waals surface area contributed by atoms with Crippen LogP contribution in [-0.2, 0) is 13.6 Å². The van der Waals surface area contributed by atoms with Gasteiger partial charge in [-0.15, -0.1) is 0 Å². The first-order valence-corrected chi connectivity index (χ1v) is 7.78. The fraction of sp³-hybridized carbons (Fsp3) is 0.250. The van der Waals surface area contributed by atoms with Crippen LogP contribution in [0.5, 0.6) is 5.75 Å². The maximum Gasteiger partial charge on any atom is 0.329 e. The highest BCUT2D eigenvalue weighted by Crippen LogP contribution is 2.15. The molecule has 1 aromatic carbocycles. The zero-order valence-electron chi connectivity index (χ0n) is 14.3. The Kier molecular flexibility index (Phi) is 4.85. The summed E-state index contributed by atoms with van der Waals surface area (Å²) < 4.78 is 7.79. The van der Waals surface area contributed by atoms with Gasteiger partial charge >= 0.3 is 5.69 Å². The smallest absolute Gasteiger partial charge is 0.329 e. The molecule has 0 bridgehead atoms. The molecule has 0 aliphatic rings. The molecule has 0 radical (unpaired) electrons. The van der Waals surface area contributed by atoms with E-state index in [4.69, 9.17) is 4.74 Å². The number of aliphatic hydroxyl groups is 1. The van der Waals surface area contributed by atoms with Crippen molar-refractivity contribution in [2.24, 2.45) is 12.1 Å². The number of hydrogen-bond donors (Lipinski definition) is 3. The summed E-state index contributed by atoms with van der Waals surface area (Å²) in [6.07, 6.45) is 1.57. The largest absolute Gasteiger partial charge is 0.497 e. The molecule has 3 rings (SSSR count). The lowest BCUT2D eigenvalue weighted by Gasteiger charge is -2.05. The van der Waals surface area contributed by atoms with Crippen LogP contribution in [0, 0.1) is 0 Å². The number of methoxy groups -OCH3 is 1. The number of nitrogens with zero attached hydrogens (tertiary/aromatic N) is 4. The third-order valence-corrected chi connectivity index (χ3v) is 3.82. The predicted octanol–water partition coefficient (Wildman–Crippen LogP) is -0.130. The van der Waals surface area contributed by atoms with E-state index in [1.165, 1.54) is 16.2 Å². The van der Waals surface area contributed by atoms with Gasteiger partial charge in [-0.25, -0.2) is 10.2 Å². The Morgan fingerprint density at radius 3 is 2.73 bits per heavy atom. The van der Waals surface area contributed by atoms with Crippen molar-refractivity contribution in [3.05, 3.63) is 50.7 Å². The molecular weight excluding hydrogens is 340 g/mol. The van der Waals surface area contributed by atoms with Crippen molar-refractivity contribution in [3.8, 4) is 5.75 Å². The Hall–Kier alpha value is -3.40. The number of aromatic nitrogens is 4. The van der Waals surface area contributed by atoms with Gasteiger partial charge in [-0.3, -0.25) is 14.3 Å². The molecular formula is C16H18N6O4. The van der Waals surface area contributed by atoms with Gasteiger partial charge in [-0.1, -0.05) is 0 Å². The lowest BCUT2D eigenvalue weighted by atomic mass is 10.2. The zero-order valence-corrected chi connectivity index (χ0v) is 14.3. The van der Waals surface area contributed by atoms with Crippen LogP contribution >= 0.6 is 0 Å². The van der Waals surface area contributed by atoms with Gasteiger partial charge in [0.05, 0.1) is 19.9 Å². The first-order chi connectivity index (χ1) is 12.5. The van der Waals surface area contributed by atoms with Gasteiger partial charge in [0.2, 0.25) is 5.95 Å². The molecule has 2 heterocycles. The molecule has 10 nitrogen and oxygen atoms in total. The molecule has 0 fully saturated rings. The van der Waals surface area contributed by atoms with Crippen molar-refractivity contribution in [2.45, 2.75) is 6.54 Å². The topological polar surface area (TPSA) is 127 Å². The average Bonchev–Trinajstić information content (AvgIpc) is 3.00. The highest BCUT2D eigenvalue weighted by Gasteiger charge is 2.16. The fourth-order valence-electron chi connectivity index (χ4n) is 2.49. The zero-order chi connectivity index (χ0) is 18.7. The number of aryl methyl sites for hydroxylation is 1. The Labute approximate surface area is 147 Å². The summed E-state index contributed by atoms with van der Waals surface area (Å²) in [5, 5.41) is 13.4. The van der Waals surface area contributed by atoms with Crippen LogP contribution in [0.25, 0.3) is 11.2 Å². The lowest BCUT2D eigenvalue weighted by molar-refractivity contribution is 0.278. The number of ether oxygens (including phenoxy) is 1. The maximum atomic E-state index is 12.1. The number of rotatable bonds is 6. The standard InChI is InChI=1S/C16H18N6O4/c1-21-13-12(14(24)19-16(21)25)22(7-8-23)15(18-13)20-17-9-10-3-5-11(26-2)6-4-10/h3-6,9,23H,7-8H2,1-2H3,(H,18,20)(H,19,24,25)/b17-9-. The van der Waals surface area contributed by atoms with E-state index in [9.17, 15) is 14.7 Å². The number of aliphatic hydroxyl groups excluding tert-OH is 1. The second kappa shape index (κ2) is 7.23. The van der Waals surface area contributed by atoms with Gasteiger partial charge in [0, 0.05) is 13.6 Å². The van der Waals surface area contributed by atoms with Crippen molar-refractivity contribution in [1.82, 2.24) is 19.1 Å². The third kappa shape index (κ3) is 3.22. The quantitative estimate of drug-likeness (QED) is 0.416. The van der Waals surface area contributed by atoms with E-state index in [0.29, 0.717) is 0 Å². The Bertz CT molecular complexity index is 1060. The molecule has 136 valence electrons. The Balaban J connectivity index is 1.96. The van der Waals surface area contributed by atoms with Gasteiger partial charge in [-0.05, 0) is 29.8 Å². The molecule has 0 saturated heterocycles. The number of hydrazone groups is 1. The van der Waals surface area contributed by atoms with Crippen LogP contribution < -0.4 is 21.4 Å². The molecule has 10 heteroatoms. The highest BCUT2D eigenvalue weighted by molar-refractivity contribution is 5.80. The minimum absolute atomic E-state index is 0.123. The van der Waals surface area contributed by atoms with Crippen LogP contribution in [0.15, 0.2) is 39.0 Å². The van der Waals surface area contributed by atoms with Gasteiger partial charge in [0.1, 0.15) is 5.75 Å². The van der Waals surface area contributed by atoms with E-state index >= 15 is 0 Å². The first-order valence-electron chi connectivity index (χ1n) is 7.78. The van der Waals surface area contributed by atoms with Crippen molar-refractivity contribution in [3.63, 3.8) is 0 Å². The Morgan fingerprint density at radius 2 is 2.08 bits per heavy atom. The van der Waals surface area contributed by atoms with Crippen LogP contribution in [0.4, 0.5) is 5.95 Å². The normalized spacial score (nSPS) is 11.3. The summed E-state index contributed by atoms with van der Waals surface area (Å²) in [5.41, 5.74) is 2.82. The maximum absolute atomic E-state index is 12.1. The summed E-state index contributed by atoms with van der Waals surface area (Å²) >= 11 is 0. The summed E-state index contributed by atoms with van der Waals surface area (Å²) in [7, 11) is 3.09. The van der Waals surface area contributed by atoms with Crippen LogP contribution in [0.3, 0.4) is 0 Å². The number of imidazole rings is 1. The fourth-order valence-corrected chi connectivity index (χ4v) is 2.49. The number of fused-ring (bicyclic) bond motifs is 1. The minimum atomic E-state index is -0.573. The molecule has 0 aliphatic heterocycles. The van der Waals surface area contributed by atoms with Crippen LogP contribution in [0.1, 0.15) is 5.56 Å². The third-order valence-electron chi connectivity index (χ3n) is 3.82. The molecule has 26 heavy (non-hydrogen) atoms. The molecule has 0 spiro atoms. The predicted molar refractivity (Wildman–Crippen MR) is 96.9 cm³/mol. The van der Waals surface area contributed by atoms with Gasteiger partial charge < -0.3 is 14.4 Å². The van der Waals surface area contributed by atoms with Gasteiger partial charge in [-0.2, -0.15) is 10.1 Å². The number of anilines is 1. The summed E-state index contributed by atoms with van der Waals surface area (Å²) in [6.45, 7) is -0.0806. The summed E-state index contributed by atoms with van der Waals surface area (Å²) in [5.74, 6) is 0.977. The second-order valence-corrected chi connectivity index (χ2v) is 5.44. The summed E-state index contributed by atoms with van der Waals surface area (Å²) in [4.78, 5) is 30.3. The molecule has 0 unspecified atom stereocenters. The van der Waals surface area contributed by atoms with Crippen molar-refractivity contribution < 1.29 is 9.84 Å². The second-order valence-electron chi connectivity index (χ2n) is 5.44. The molecule has 2 aromatic heterocycles. The number of nitrogens with one attached hydrogen (secondary N) is 2. The van der Waals surface area contributed by atoms with E-state index in [1.54, 1.807) is 25.5 Å². The minimum Gasteiger partial charge on any atom is -0.497 e. The summed E-state index contributed by atoms with van der Waals surface area (Å²) in [6, 6.07) is 7.26. The molecule has 3 N–H and O–H groups in total. The van der Waals surface area contributed by atoms with Gasteiger partial charge in [0.25, 0.3) is 5.56 Å². The molecule has 0 saturated carbocycles. The van der Waals surface area contributed by atoms with E-state index in [-0.39, 0.29) is 30.3 Å². The van der Waals surface area contributed by atoms with Crippen molar-refractivity contribution in [2.75, 3.05) is 19.1 Å². The number of benzene rings is 1. The monoisotopic (exact) mass is 358 g/mol. The van der Waals surface area contributed by atoms with Crippen molar-refractivity contribution in [1.29, 1.82) is 0 Å². The lowest BCUT2D eigenvalue weighted by Crippen LogP contribution is -2.29. The average molecular weight is 358 g/mol. The molecule has 0 aliphatic carbocycles. The van der Waals surface area contributed by atoms with E-state index in [2.05, 4.69) is 20.5 Å². The Morgan fingerprint density at radius 1 is 1.35 bits per heavy atom. The van der Waals surface area contributed by atoms with Crippen molar-refractivity contribution >= 4 is 23.3 Å². The number of aromatic amines is 1. The molecule has 0 amide bonds. The van der Waals surface area contributed by atoms with Gasteiger partial charge in [0.15, 0.2) is 11.2 Å². The molecule has 0 atom stereocenters. The SMILES string of the molecule is COc1ccc(/C=N\Nc2nc3c(c(=O)[nH]c(=O)n3C)n2CCO)cc1. The molecule has 3 aromatic rings. The van der Waals surface area contributed by atoms with Crippen LogP contribution in [-0.4, -0.2) is 44.1 Å². The van der Waals surface area contributed by atoms with E-state index in [1.807, 2.05) is 12.1 Å². The number of hydrogen-bond acceptors (Lipinski definition) is 7. The highest BCUT2D eigenvalue weighted by atomic mass is 16.5.